The van der Waals surface area contributed by atoms with Crippen molar-refractivity contribution in [2.45, 2.75) is 0 Å². The van der Waals surface area contributed by atoms with Crippen LogP contribution < -0.4 is 5.73 Å². The minimum absolute atomic E-state index is 0.267. The minimum atomic E-state index is -0.389. The summed E-state index contributed by atoms with van der Waals surface area (Å²) in [5.74, 6) is -0.389. The number of aromatic nitrogens is 1. The highest BCUT2D eigenvalue weighted by atomic mass is 35.5. The van der Waals surface area contributed by atoms with Gasteiger partial charge in [-0.05, 0) is 18.2 Å². The van der Waals surface area contributed by atoms with Crippen molar-refractivity contribution >= 4 is 28.1 Å². The van der Waals surface area contributed by atoms with Crippen molar-refractivity contribution in [1.82, 2.24) is 4.98 Å². The monoisotopic (exact) mass is 196 g/mol. The number of nitrogen functional groups attached to an aromatic ring is 1. The van der Waals surface area contributed by atoms with Crippen LogP contribution in [0.25, 0.3) is 10.8 Å². The Bertz CT molecular complexity index is 470. The van der Waals surface area contributed by atoms with Crippen molar-refractivity contribution in [3.05, 3.63) is 35.4 Å². The Kier molecular flexibility index (Phi) is 1.81. The van der Waals surface area contributed by atoms with Crippen molar-refractivity contribution < 1.29 is 4.39 Å². The van der Waals surface area contributed by atoms with Crippen LogP contribution in [-0.2, 0) is 0 Å². The molecule has 66 valence electrons. The number of rotatable bonds is 0. The first-order valence-corrected chi connectivity index (χ1v) is 4.05. The summed E-state index contributed by atoms with van der Waals surface area (Å²) in [7, 11) is 0. The van der Waals surface area contributed by atoms with Crippen LogP contribution in [0.2, 0.25) is 5.15 Å². The van der Waals surface area contributed by atoms with Gasteiger partial charge in [0.05, 0.1) is 6.20 Å². The summed E-state index contributed by atoms with van der Waals surface area (Å²) in [4.78, 5) is 3.68. The minimum Gasteiger partial charge on any atom is -0.399 e. The zero-order valence-electron chi connectivity index (χ0n) is 6.59. The van der Waals surface area contributed by atoms with E-state index in [1.165, 1.54) is 0 Å². The van der Waals surface area contributed by atoms with E-state index in [0.29, 0.717) is 16.5 Å². The van der Waals surface area contributed by atoms with Crippen molar-refractivity contribution in [2.75, 3.05) is 5.73 Å². The maximum absolute atomic E-state index is 13.1. The van der Waals surface area contributed by atoms with Gasteiger partial charge in [-0.3, -0.25) is 0 Å². The molecule has 0 aliphatic carbocycles. The van der Waals surface area contributed by atoms with E-state index in [9.17, 15) is 4.39 Å². The van der Waals surface area contributed by atoms with E-state index in [2.05, 4.69) is 4.98 Å². The van der Waals surface area contributed by atoms with Gasteiger partial charge in [0, 0.05) is 16.5 Å². The number of nitrogens with zero attached hydrogens (tertiary/aromatic N) is 1. The second-order valence-electron chi connectivity index (χ2n) is 2.70. The molecule has 4 heteroatoms. The van der Waals surface area contributed by atoms with Crippen LogP contribution in [0, 0.1) is 5.82 Å². The molecular weight excluding hydrogens is 191 g/mol. The van der Waals surface area contributed by atoms with Crippen LogP contribution in [0.5, 0.6) is 0 Å². The summed E-state index contributed by atoms with van der Waals surface area (Å²) in [6, 6.07) is 4.82. The molecule has 2 N–H and O–H groups in total. The van der Waals surface area contributed by atoms with E-state index in [0.717, 1.165) is 6.20 Å². The highest BCUT2D eigenvalue weighted by Crippen LogP contribution is 2.25. The quantitative estimate of drug-likeness (QED) is 0.520. The molecule has 0 atom stereocenters. The number of hydrogen-bond acceptors (Lipinski definition) is 2. The third kappa shape index (κ3) is 1.31. The molecule has 13 heavy (non-hydrogen) atoms. The van der Waals surface area contributed by atoms with Crippen molar-refractivity contribution in [2.24, 2.45) is 0 Å². The number of pyridine rings is 1. The number of fused-ring (bicyclic) bond motifs is 1. The van der Waals surface area contributed by atoms with Gasteiger partial charge < -0.3 is 5.73 Å². The second-order valence-corrected chi connectivity index (χ2v) is 3.06. The molecule has 2 nitrogen and oxygen atoms in total. The van der Waals surface area contributed by atoms with E-state index in [1.54, 1.807) is 18.2 Å². The lowest BCUT2D eigenvalue weighted by atomic mass is 10.1. The van der Waals surface area contributed by atoms with E-state index in [1.807, 2.05) is 0 Å². The van der Waals surface area contributed by atoms with Crippen LogP contribution in [0.1, 0.15) is 0 Å². The van der Waals surface area contributed by atoms with E-state index in [-0.39, 0.29) is 11.0 Å². The van der Waals surface area contributed by atoms with Crippen LogP contribution in [0.4, 0.5) is 10.1 Å². The molecule has 0 saturated heterocycles. The van der Waals surface area contributed by atoms with Crippen LogP contribution in [0.3, 0.4) is 0 Å². The molecule has 1 aromatic heterocycles. The lowest BCUT2D eigenvalue weighted by molar-refractivity contribution is 0.634. The summed E-state index contributed by atoms with van der Waals surface area (Å²) in [5, 5.41) is 1.25. The Labute approximate surface area is 79.1 Å². The van der Waals surface area contributed by atoms with Gasteiger partial charge in [0.15, 0.2) is 0 Å². The maximum Gasteiger partial charge on any atom is 0.149 e. The first kappa shape index (κ1) is 8.26. The molecule has 0 radical (unpaired) electrons. The second kappa shape index (κ2) is 2.85. The number of anilines is 1. The molecule has 2 rings (SSSR count). The Hall–Kier alpha value is -1.35. The first-order valence-electron chi connectivity index (χ1n) is 3.68. The van der Waals surface area contributed by atoms with Crippen LogP contribution in [0.15, 0.2) is 24.4 Å². The lowest BCUT2D eigenvalue weighted by Crippen LogP contribution is -1.88. The van der Waals surface area contributed by atoms with Gasteiger partial charge in [-0.1, -0.05) is 11.6 Å². The van der Waals surface area contributed by atoms with E-state index >= 15 is 0 Å². The predicted octanol–water partition coefficient (Wildman–Crippen LogP) is 2.61. The third-order valence-electron chi connectivity index (χ3n) is 1.81. The normalized spacial score (nSPS) is 10.6. The zero-order valence-corrected chi connectivity index (χ0v) is 7.35. The molecule has 0 saturated carbocycles. The zero-order chi connectivity index (χ0) is 9.42. The van der Waals surface area contributed by atoms with Crippen LogP contribution >= 0.6 is 11.6 Å². The smallest absolute Gasteiger partial charge is 0.149 e. The Balaban J connectivity index is 2.92. The lowest BCUT2D eigenvalue weighted by Gasteiger charge is -2.01. The van der Waals surface area contributed by atoms with E-state index < -0.39 is 0 Å². The number of hydrogen-bond donors (Lipinski definition) is 1. The third-order valence-corrected chi connectivity index (χ3v) is 2.12. The number of benzene rings is 1. The molecule has 0 amide bonds. The average molecular weight is 197 g/mol. The molecular formula is C9H6ClFN2. The van der Waals surface area contributed by atoms with Crippen molar-refractivity contribution in [3.63, 3.8) is 0 Å². The Morgan fingerprint density at radius 1 is 1.31 bits per heavy atom. The highest BCUT2D eigenvalue weighted by Gasteiger charge is 2.05. The maximum atomic E-state index is 13.1. The standard InChI is InChI=1S/C9H6ClFN2/c10-9-7-3-5(12)1-2-6(7)8(11)4-13-9/h1-4H,12H2. The van der Waals surface area contributed by atoms with Crippen molar-refractivity contribution in [3.8, 4) is 0 Å². The summed E-state index contributed by atoms with van der Waals surface area (Å²) in [5.41, 5.74) is 6.08. The Morgan fingerprint density at radius 3 is 2.85 bits per heavy atom. The first-order chi connectivity index (χ1) is 6.18. The molecule has 2 aromatic rings. The fourth-order valence-electron chi connectivity index (χ4n) is 1.19. The summed E-state index contributed by atoms with van der Waals surface area (Å²) in [6.45, 7) is 0. The largest absolute Gasteiger partial charge is 0.399 e. The summed E-state index contributed by atoms with van der Waals surface area (Å²) in [6.07, 6.45) is 1.10. The van der Waals surface area contributed by atoms with Gasteiger partial charge in [-0.2, -0.15) is 0 Å². The van der Waals surface area contributed by atoms with Gasteiger partial charge in [0.1, 0.15) is 11.0 Å². The fraction of sp³-hybridized carbons (Fsp3) is 0. The molecule has 1 aromatic carbocycles. The fourth-order valence-corrected chi connectivity index (χ4v) is 1.40. The van der Waals surface area contributed by atoms with Crippen molar-refractivity contribution in [1.29, 1.82) is 0 Å². The molecule has 1 heterocycles. The number of halogens is 2. The van der Waals surface area contributed by atoms with Gasteiger partial charge in [-0.25, -0.2) is 9.37 Å². The van der Waals surface area contributed by atoms with E-state index in [4.69, 9.17) is 17.3 Å². The average Bonchev–Trinajstić information content (AvgIpc) is 2.12. The predicted molar refractivity (Wildman–Crippen MR) is 51.1 cm³/mol. The van der Waals surface area contributed by atoms with Gasteiger partial charge in [-0.15, -0.1) is 0 Å². The molecule has 0 aliphatic rings. The van der Waals surface area contributed by atoms with Gasteiger partial charge in [0.25, 0.3) is 0 Å². The molecule has 0 spiro atoms. The highest BCUT2D eigenvalue weighted by molar-refractivity contribution is 6.34. The molecule has 0 bridgehead atoms. The molecule has 0 fully saturated rings. The number of nitrogens with two attached hydrogens (primary N) is 1. The summed E-state index contributed by atoms with van der Waals surface area (Å²) < 4.78 is 13.1. The van der Waals surface area contributed by atoms with Gasteiger partial charge >= 0.3 is 0 Å². The van der Waals surface area contributed by atoms with Crippen LogP contribution in [-0.4, -0.2) is 4.98 Å². The molecule has 0 aliphatic heterocycles. The topological polar surface area (TPSA) is 38.9 Å². The van der Waals surface area contributed by atoms with Gasteiger partial charge in [0.2, 0.25) is 0 Å². The Morgan fingerprint density at radius 2 is 2.08 bits per heavy atom. The molecule has 0 unspecified atom stereocenters. The SMILES string of the molecule is Nc1ccc2c(F)cnc(Cl)c2c1. The summed E-state index contributed by atoms with van der Waals surface area (Å²) >= 11 is 5.77.